The third-order valence-electron chi connectivity index (χ3n) is 6.37. The minimum Gasteiger partial charge on any atom is -0.496 e. The zero-order chi connectivity index (χ0) is 23.3. The fraction of sp³-hybridized carbons (Fsp3) is 0.214. The number of ether oxygens (including phenoxy) is 1. The van der Waals surface area contributed by atoms with E-state index in [0.29, 0.717) is 0 Å². The molecule has 1 fully saturated rings. The van der Waals surface area contributed by atoms with E-state index in [2.05, 4.69) is 56.2 Å². The maximum absolute atomic E-state index is 13.4. The van der Waals surface area contributed by atoms with Gasteiger partial charge in [-0.2, -0.15) is 0 Å². The highest BCUT2D eigenvalue weighted by Crippen LogP contribution is 2.37. The lowest BCUT2D eigenvalue weighted by Gasteiger charge is -2.40. The Labute approximate surface area is 199 Å². The van der Waals surface area contributed by atoms with Crippen molar-refractivity contribution in [2.75, 3.05) is 38.2 Å². The molecule has 0 N–H and O–H groups in total. The first kappa shape index (κ1) is 22.0. The second-order valence-corrected chi connectivity index (χ2v) is 8.36. The molecule has 0 aliphatic carbocycles. The van der Waals surface area contributed by atoms with Crippen molar-refractivity contribution in [1.82, 2.24) is 14.9 Å². The molecule has 0 saturated carbocycles. The van der Waals surface area contributed by atoms with Crippen LogP contribution >= 0.6 is 0 Å². The molecular weight excluding hydrogens is 427 g/mol. The van der Waals surface area contributed by atoms with E-state index in [4.69, 9.17) is 4.74 Å². The highest BCUT2D eigenvalue weighted by Gasteiger charge is 2.27. The Morgan fingerprint density at radius 2 is 1.59 bits per heavy atom. The van der Waals surface area contributed by atoms with Crippen LogP contribution in [0.25, 0.3) is 11.1 Å². The molecule has 2 aromatic carbocycles. The Balaban J connectivity index is 1.45. The average Bonchev–Trinajstić information content (AvgIpc) is 2.91. The van der Waals surface area contributed by atoms with Gasteiger partial charge in [0.1, 0.15) is 17.4 Å². The number of pyridine rings is 2. The molecule has 0 spiro atoms. The van der Waals surface area contributed by atoms with Gasteiger partial charge < -0.3 is 9.64 Å². The van der Waals surface area contributed by atoms with E-state index in [1.54, 1.807) is 19.2 Å². The summed E-state index contributed by atoms with van der Waals surface area (Å²) in [5, 5.41) is 0. The molecule has 1 aliphatic heterocycles. The Bertz CT molecular complexity index is 1210. The van der Waals surface area contributed by atoms with Gasteiger partial charge in [-0.25, -0.2) is 9.37 Å². The maximum Gasteiger partial charge on any atom is 0.128 e. The number of anilines is 1. The van der Waals surface area contributed by atoms with Crippen molar-refractivity contribution in [2.24, 2.45) is 0 Å². The van der Waals surface area contributed by atoms with Crippen LogP contribution < -0.4 is 9.64 Å². The molecule has 172 valence electrons. The smallest absolute Gasteiger partial charge is 0.128 e. The van der Waals surface area contributed by atoms with Crippen molar-refractivity contribution in [3.63, 3.8) is 0 Å². The first-order valence-electron chi connectivity index (χ1n) is 11.5. The standard InChI is InChI=1S/C28H27FN4O/c1-34-26-20-23(7-10-25(26)21-5-8-24(29)9-6-21)28(22-11-14-30-15-12-22)33-18-16-32(17-19-33)27-4-2-3-13-31-27/h2-15,20,28H,16-19H2,1H3/t28-/m1/s1. The van der Waals surface area contributed by atoms with E-state index in [9.17, 15) is 4.39 Å². The molecule has 5 rings (SSSR count). The number of benzene rings is 2. The van der Waals surface area contributed by atoms with Crippen molar-refractivity contribution in [2.45, 2.75) is 6.04 Å². The Hall–Kier alpha value is -3.77. The topological polar surface area (TPSA) is 41.5 Å². The highest BCUT2D eigenvalue weighted by atomic mass is 19.1. The first-order chi connectivity index (χ1) is 16.7. The van der Waals surface area contributed by atoms with Crippen molar-refractivity contribution < 1.29 is 9.13 Å². The molecule has 0 bridgehead atoms. The fourth-order valence-electron chi connectivity index (χ4n) is 4.66. The van der Waals surface area contributed by atoms with Crippen molar-refractivity contribution in [3.8, 4) is 16.9 Å². The number of hydrogen-bond donors (Lipinski definition) is 0. The van der Waals surface area contributed by atoms with Gasteiger partial charge in [0.2, 0.25) is 0 Å². The van der Waals surface area contributed by atoms with Crippen LogP contribution in [0.3, 0.4) is 0 Å². The zero-order valence-electron chi connectivity index (χ0n) is 19.1. The fourth-order valence-corrected chi connectivity index (χ4v) is 4.66. The van der Waals surface area contributed by atoms with Gasteiger partial charge in [-0.15, -0.1) is 0 Å². The number of halogens is 1. The third kappa shape index (κ3) is 4.63. The molecular formula is C28H27FN4O. The van der Waals surface area contributed by atoms with E-state index < -0.39 is 0 Å². The number of hydrogen-bond acceptors (Lipinski definition) is 5. The van der Waals surface area contributed by atoms with Crippen molar-refractivity contribution >= 4 is 5.82 Å². The van der Waals surface area contributed by atoms with Crippen LogP contribution in [-0.2, 0) is 0 Å². The van der Waals surface area contributed by atoms with Gasteiger partial charge in [0.05, 0.1) is 13.2 Å². The summed E-state index contributed by atoms with van der Waals surface area (Å²) >= 11 is 0. The lowest BCUT2D eigenvalue weighted by molar-refractivity contribution is 0.211. The van der Waals surface area contributed by atoms with Gasteiger partial charge >= 0.3 is 0 Å². The van der Waals surface area contributed by atoms with E-state index in [0.717, 1.165) is 54.4 Å². The summed E-state index contributed by atoms with van der Waals surface area (Å²) in [5.41, 5.74) is 4.21. The molecule has 1 saturated heterocycles. The highest BCUT2D eigenvalue weighted by molar-refractivity contribution is 5.71. The molecule has 0 amide bonds. The molecule has 1 aliphatic rings. The summed E-state index contributed by atoms with van der Waals surface area (Å²) in [6, 6.07) is 23.1. The molecule has 0 radical (unpaired) electrons. The first-order valence-corrected chi connectivity index (χ1v) is 11.5. The second kappa shape index (κ2) is 10.0. The van der Waals surface area contributed by atoms with Crippen LogP contribution in [0.2, 0.25) is 0 Å². The second-order valence-electron chi connectivity index (χ2n) is 8.36. The summed E-state index contributed by atoms with van der Waals surface area (Å²) in [7, 11) is 1.68. The van der Waals surface area contributed by atoms with Gasteiger partial charge in [-0.3, -0.25) is 9.88 Å². The van der Waals surface area contributed by atoms with Gasteiger partial charge in [0.25, 0.3) is 0 Å². The Morgan fingerprint density at radius 3 is 2.26 bits per heavy atom. The van der Waals surface area contributed by atoms with Crippen LogP contribution in [0.15, 0.2) is 91.4 Å². The Morgan fingerprint density at radius 1 is 0.824 bits per heavy atom. The molecule has 4 aromatic rings. The predicted molar refractivity (Wildman–Crippen MR) is 132 cm³/mol. The van der Waals surface area contributed by atoms with E-state index in [1.165, 1.54) is 17.7 Å². The number of aromatic nitrogens is 2. The van der Waals surface area contributed by atoms with Crippen LogP contribution in [0, 0.1) is 5.82 Å². The van der Waals surface area contributed by atoms with Gasteiger partial charge in [-0.1, -0.05) is 30.3 Å². The van der Waals surface area contributed by atoms with E-state index in [-0.39, 0.29) is 11.9 Å². The number of piperazine rings is 1. The molecule has 0 unspecified atom stereocenters. The van der Waals surface area contributed by atoms with Crippen LogP contribution in [-0.4, -0.2) is 48.2 Å². The van der Waals surface area contributed by atoms with E-state index >= 15 is 0 Å². The normalized spacial score (nSPS) is 15.2. The molecule has 1 atom stereocenters. The summed E-state index contributed by atoms with van der Waals surface area (Å²) in [4.78, 5) is 13.6. The van der Waals surface area contributed by atoms with Crippen molar-refractivity contribution in [3.05, 3.63) is 108 Å². The minimum atomic E-state index is -0.248. The predicted octanol–water partition coefficient (Wildman–Crippen LogP) is 5.20. The summed E-state index contributed by atoms with van der Waals surface area (Å²) in [6.45, 7) is 3.63. The molecule has 3 heterocycles. The lowest BCUT2D eigenvalue weighted by atomic mass is 9.94. The van der Waals surface area contributed by atoms with Crippen LogP contribution in [0.4, 0.5) is 10.2 Å². The SMILES string of the molecule is COc1cc([C@@H](c2ccncc2)N2CCN(c3ccccn3)CC2)ccc1-c1ccc(F)cc1. The zero-order valence-corrected chi connectivity index (χ0v) is 19.1. The van der Waals surface area contributed by atoms with Crippen molar-refractivity contribution in [1.29, 1.82) is 0 Å². The summed E-state index contributed by atoms with van der Waals surface area (Å²) < 4.78 is 19.2. The monoisotopic (exact) mass is 454 g/mol. The molecule has 5 nitrogen and oxygen atoms in total. The number of nitrogens with zero attached hydrogens (tertiary/aromatic N) is 4. The summed E-state index contributed by atoms with van der Waals surface area (Å²) in [5.74, 6) is 1.55. The van der Waals surface area contributed by atoms with Gasteiger partial charge in [0.15, 0.2) is 0 Å². The minimum absolute atomic E-state index is 0.0741. The van der Waals surface area contributed by atoms with Gasteiger partial charge in [0, 0.05) is 50.3 Å². The lowest BCUT2D eigenvalue weighted by Crippen LogP contribution is -2.48. The third-order valence-corrected chi connectivity index (χ3v) is 6.37. The van der Waals surface area contributed by atoms with Crippen LogP contribution in [0.1, 0.15) is 17.2 Å². The number of methoxy groups -OCH3 is 1. The Kier molecular flexibility index (Phi) is 6.49. The largest absolute Gasteiger partial charge is 0.496 e. The maximum atomic E-state index is 13.4. The van der Waals surface area contributed by atoms with E-state index in [1.807, 2.05) is 30.7 Å². The quantitative estimate of drug-likeness (QED) is 0.400. The average molecular weight is 455 g/mol. The molecule has 34 heavy (non-hydrogen) atoms. The number of rotatable bonds is 6. The summed E-state index contributed by atoms with van der Waals surface area (Å²) in [6.07, 6.45) is 5.53. The molecule has 6 heteroatoms. The van der Waals surface area contributed by atoms with Crippen LogP contribution in [0.5, 0.6) is 5.75 Å². The molecule has 2 aromatic heterocycles. The van der Waals surface area contributed by atoms with Gasteiger partial charge in [-0.05, 0) is 59.2 Å².